The van der Waals surface area contributed by atoms with Gasteiger partial charge in [-0.2, -0.15) is 0 Å². The maximum absolute atomic E-state index is 12.2. The molecule has 0 bridgehead atoms. The summed E-state index contributed by atoms with van der Waals surface area (Å²) in [5.41, 5.74) is 3.17. The highest BCUT2D eigenvalue weighted by molar-refractivity contribution is 5.77. The number of nitrogens with zero attached hydrogens (tertiary/aromatic N) is 2. The van der Waals surface area contributed by atoms with Crippen molar-refractivity contribution in [3.8, 4) is 0 Å². The molecule has 2 heterocycles. The number of aryl methyl sites for hydroxylation is 1. The van der Waals surface area contributed by atoms with Gasteiger partial charge in [-0.15, -0.1) is 0 Å². The van der Waals surface area contributed by atoms with E-state index in [9.17, 15) is 4.79 Å². The van der Waals surface area contributed by atoms with E-state index in [0.29, 0.717) is 6.42 Å². The number of carbonyl (C=O) groups is 1. The molecule has 1 atom stereocenters. The van der Waals surface area contributed by atoms with E-state index in [-0.39, 0.29) is 11.9 Å². The summed E-state index contributed by atoms with van der Waals surface area (Å²) in [6, 6.07) is 6.05. The van der Waals surface area contributed by atoms with Crippen LogP contribution in [-0.4, -0.2) is 40.4 Å². The first-order chi connectivity index (χ1) is 11.6. The molecule has 1 aliphatic rings. The number of imidazole rings is 1. The Labute approximate surface area is 143 Å². The van der Waals surface area contributed by atoms with Crippen LogP contribution < -0.4 is 5.32 Å². The average Bonchev–Trinajstić information content (AvgIpc) is 2.99. The quantitative estimate of drug-likeness (QED) is 0.855. The summed E-state index contributed by atoms with van der Waals surface area (Å²) in [4.78, 5) is 22.5. The fourth-order valence-electron chi connectivity index (χ4n) is 3.38. The van der Waals surface area contributed by atoms with Gasteiger partial charge in [-0.3, -0.25) is 4.79 Å². The molecule has 1 saturated heterocycles. The molecule has 5 heteroatoms. The van der Waals surface area contributed by atoms with Crippen LogP contribution in [0.15, 0.2) is 18.2 Å². The van der Waals surface area contributed by atoms with Crippen molar-refractivity contribution >= 4 is 16.9 Å². The number of hydrogen-bond acceptors (Lipinski definition) is 3. The monoisotopic (exact) mass is 328 g/mol. The van der Waals surface area contributed by atoms with Crippen molar-refractivity contribution in [2.24, 2.45) is 0 Å². The Bertz CT molecular complexity index is 688. The van der Waals surface area contributed by atoms with Gasteiger partial charge in [0.2, 0.25) is 5.91 Å². The lowest BCUT2D eigenvalue weighted by Gasteiger charge is -2.26. The number of amides is 1. The number of piperidine rings is 1. The third-order valence-corrected chi connectivity index (χ3v) is 4.77. The average molecular weight is 328 g/mol. The molecule has 0 spiro atoms. The van der Waals surface area contributed by atoms with Gasteiger partial charge < -0.3 is 15.2 Å². The van der Waals surface area contributed by atoms with Crippen molar-refractivity contribution in [2.45, 2.75) is 52.0 Å². The van der Waals surface area contributed by atoms with E-state index in [4.69, 9.17) is 0 Å². The molecule has 1 aromatic heterocycles. The maximum atomic E-state index is 12.2. The molecule has 0 radical (unpaired) electrons. The van der Waals surface area contributed by atoms with Crippen LogP contribution in [0.2, 0.25) is 0 Å². The summed E-state index contributed by atoms with van der Waals surface area (Å²) in [7, 11) is 0. The van der Waals surface area contributed by atoms with Gasteiger partial charge in [0.05, 0.1) is 17.1 Å². The number of aromatic nitrogens is 2. The molecule has 0 aliphatic carbocycles. The molecule has 0 saturated carbocycles. The number of likely N-dealkylation sites (tertiary alicyclic amines) is 1. The standard InChI is InChI=1S/C19H28N4O/c1-14-8-9-16-17(13-14)22-19(21-16)15(2)20-18(24)7-6-12-23-10-4-3-5-11-23/h8-9,13,15H,3-7,10-12H2,1-2H3,(H,20,24)(H,21,22)/t15-/m0/s1. The summed E-state index contributed by atoms with van der Waals surface area (Å²) >= 11 is 0. The van der Waals surface area contributed by atoms with Gasteiger partial charge >= 0.3 is 0 Å². The third kappa shape index (κ3) is 4.35. The molecule has 1 aromatic carbocycles. The van der Waals surface area contributed by atoms with Crippen LogP contribution in [0.3, 0.4) is 0 Å². The highest BCUT2D eigenvalue weighted by Crippen LogP contribution is 2.17. The molecule has 1 fully saturated rings. The topological polar surface area (TPSA) is 61.0 Å². The second kappa shape index (κ2) is 7.79. The van der Waals surface area contributed by atoms with Gasteiger partial charge in [-0.1, -0.05) is 12.5 Å². The van der Waals surface area contributed by atoms with Crippen LogP contribution in [0.5, 0.6) is 0 Å². The number of fused-ring (bicyclic) bond motifs is 1. The first kappa shape index (κ1) is 17.0. The molecule has 130 valence electrons. The minimum Gasteiger partial charge on any atom is -0.346 e. The molecule has 2 aromatic rings. The zero-order valence-corrected chi connectivity index (χ0v) is 14.8. The smallest absolute Gasteiger partial charge is 0.220 e. The Kier molecular flexibility index (Phi) is 5.51. The Morgan fingerprint density at radius 1 is 1.33 bits per heavy atom. The summed E-state index contributed by atoms with van der Waals surface area (Å²) in [5.74, 6) is 0.927. The van der Waals surface area contributed by atoms with Gasteiger partial charge in [0.25, 0.3) is 0 Å². The lowest BCUT2D eigenvalue weighted by molar-refractivity contribution is -0.121. The number of H-pyrrole nitrogens is 1. The van der Waals surface area contributed by atoms with Crippen molar-refractivity contribution in [2.75, 3.05) is 19.6 Å². The second-order valence-corrected chi connectivity index (χ2v) is 6.94. The molecular weight excluding hydrogens is 300 g/mol. The Balaban J connectivity index is 1.47. The van der Waals surface area contributed by atoms with Crippen LogP contribution in [-0.2, 0) is 4.79 Å². The van der Waals surface area contributed by atoms with Crippen molar-refractivity contribution < 1.29 is 4.79 Å². The normalized spacial score (nSPS) is 17.1. The minimum atomic E-state index is -0.0970. The van der Waals surface area contributed by atoms with Gasteiger partial charge in [0.1, 0.15) is 5.82 Å². The maximum Gasteiger partial charge on any atom is 0.220 e. The van der Waals surface area contributed by atoms with Crippen molar-refractivity contribution in [1.82, 2.24) is 20.2 Å². The van der Waals surface area contributed by atoms with E-state index >= 15 is 0 Å². The molecule has 3 rings (SSSR count). The molecule has 1 aliphatic heterocycles. The third-order valence-electron chi connectivity index (χ3n) is 4.77. The number of hydrogen-bond donors (Lipinski definition) is 2. The van der Waals surface area contributed by atoms with Gasteiger partial charge in [-0.05, 0) is 70.4 Å². The van der Waals surface area contributed by atoms with Gasteiger partial charge in [0, 0.05) is 6.42 Å². The fraction of sp³-hybridized carbons (Fsp3) is 0.579. The predicted molar refractivity (Wildman–Crippen MR) is 96.9 cm³/mol. The van der Waals surface area contributed by atoms with Crippen LogP contribution in [0.4, 0.5) is 0 Å². The van der Waals surface area contributed by atoms with E-state index in [1.165, 1.54) is 37.9 Å². The zero-order valence-electron chi connectivity index (χ0n) is 14.8. The molecule has 24 heavy (non-hydrogen) atoms. The fourth-order valence-corrected chi connectivity index (χ4v) is 3.38. The van der Waals surface area contributed by atoms with Crippen LogP contribution >= 0.6 is 0 Å². The Morgan fingerprint density at radius 3 is 2.92 bits per heavy atom. The number of rotatable bonds is 6. The van der Waals surface area contributed by atoms with Crippen molar-refractivity contribution in [1.29, 1.82) is 0 Å². The lowest BCUT2D eigenvalue weighted by atomic mass is 10.1. The van der Waals surface area contributed by atoms with E-state index in [1.807, 2.05) is 13.0 Å². The molecule has 5 nitrogen and oxygen atoms in total. The summed E-state index contributed by atoms with van der Waals surface area (Å²) < 4.78 is 0. The molecule has 1 amide bonds. The molecule has 2 N–H and O–H groups in total. The number of benzene rings is 1. The highest BCUT2D eigenvalue weighted by Gasteiger charge is 2.15. The predicted octanol–water partition coefficient (Wildman–Crippen LogP) is 3.31. The second-order valence-electron chi connectivity index (χ2n) is 6.94. The first-order valence-electron chi connectivity index (χ1n) is 9.10. The number of carbonyl (C=O) groups excluding carboxylic acids is 1. The van der Waals surface area contributed by atoms with Crippen LogP contribution in [0.1, 0.15) is 56.5 Å². The largest absolute Gasteiger partial charge is 0.346 e. The van der Waals surface area contributed by atoms with Crippen LogP contribution in [0.25, 0.3) is 11.0 Å². The molecular formula is C19H28N4O. The highest BCUT2D eigenvalue weighted by atomic mass is 16.1. The molecule has 0 unspecified atom stereocenters. The summed E-state index contributed by atoms with van der Waals surface area (Å²) in [6.45, 7) is 7.46. The van der Waals surface area contributed by atoms with E-state index in [1.54, 1.807) is 0 Å². The lowest BCUT2D eigenvalue weighted by Crippen LogP contribution is -2.32. The minimum absolute atomic E-state index is 0.0970. The Morgan fingerprint density at radius 2 is 2.12 bits per heavy atom. The summed E-state index contributed by atoms with van der Waals surface area (Å²) in [5, 5.41) is 3.06. The van der Waals surface area contributed by atoms with E-state index in [2.05, 4.69) is 39.2 Å². The Hall–Kier alpha value is -1.88. The summed E-state index contributed by atoms with van der Waals surface area (Å²) in [6.07, 6.45) is 5.47. The number of aromatic amines is 1. The first-order valence-corrected chi connectivity index (χ1v) is 9.10. The number of nitrogens with one attached hydrogen (secondary N) is 2. The van der Waals surface area contributed by atoms with E-state index in [0.717, 1.165) is 29.8 Å². The van der Waals surface area contributed by atoms with Crippen molar-refractivity contribution in [3.05, 3.63) is 29.6 Å². The van der Waals surface area contributed by atoms with Gasteiger partial charge in [0.15, 0.2) is 0 Å². The van der Waals surface area contributed by atoms with Crippen LogP contribution in [0, 0.1) is 6.92 Å². The van der Waals surface area contributed by atoms with Crippen molar-refractivity contribution in [3.63, 3.8) is 0 Å². The zero-order chi connectivity index (χ0) is 16.9. The van der Waals surface area contributed by atoms with E-state index < -0.39 is 0 Å². The SMILES string of the molecule is Cc1ccc2nc([C@H](C)NC(=O)CCCN3CCCCC3)[nH]c2c1. The van der Waals surface area contributed by atoms with Gasteiger partial charge in [-0.25, -0.2) is 4.98 Å².